The second-order valence-corrected chi connectivity index (χ2v) is 8.88. The highest BCUT2D eigenvalue weighted by molar-refractivity contribution is 14.1. The molecule has 0 bridgehead atoms. The molecule has 1 aromatic carbocycles. The number of carbonyl (C=O) groups excluding carboxylic acids is 1. The minimum Gasteiger partial charge on any atom is -0.298 e. The van der Waals surface area contributed by atoms with Crippen molar-refractivity contribution in [3.05, 3.63) is 49.1 Å². The van der Waals surface area contributed by atoms with Crippen LogP contribution in [0.2, 0.25) is 0 Å². The van der Waals surface area contributed by atoms with Crippen LogP contribution in [0.1, 0.15) is 43.7 Å². The first kappa shape index (κ1) is 17.6. The van der Waals surface area contributed by atoms with Gasteiger partial charge in [-0.3, -0.25) is 19.4 Å². The Hall–Kier alpha value is -1.77. The van der Waals surface area contributed by atoms with Crippen LogP contribution in [0, 0.1) is 20.7 Å². The molecule has 26 heavy (non-hydrogen) atoms. The monoisotopic (exact) mass is 467 g/mol. The van der Waals surface area contributed by atoms with E-state index in [1.165, 1.54) is 6.07 Å². The number of Topliss-reactive ketones (excluding diaryl/α,β-unsaturated/α-hetero) is 1. The summed E-state index contributed by atoms with van der Waals surface area (Å²) < 4.78 is 15.9. The standard InChI is InChI=1S/C19H19FIN3O2/c1-19(2)7-6-12-14(16(19)25)13(9-4-5-10(20)11(21)8-9)15-17(22-12)24(3)23-18(15)26/h4-5,8,13-14H,6-7H2,1-3H3,(H,23,26). The smallest absolute Gasteiger partial charge is 0.270 e. The molecule has 1 aromatic heterocycles. The quantitative estimate of drug-likeness (QED) is 0.651. The van der Waals surface area contributed by atoms with Gasteiger partial charge in [0.2, 0.25) is 0 Å². The first-order chi connectivity index (χ1) is 12.2. The topological polar surface area (TPSA) is 67.2 Å². The number of hydrogen-bond acceptors (Lipinski definition) is 3. The Labute approximate surface area is 163 Å². The number of nitrogens with zero attached hydrogens (tertiary/aromatic N) is 2. The van der Waals surface area contributed by atoms with Crippen LogP contribution in [-0.4, -0.2) is 21.3 Å². The van der Waals surface area contributed by atoms with Gasteiger partial charge in [-0.05, 0) is 53.1 Å². The Kier molecular flexibility index (Phi) is 3.98. The fraction of sp³-hybridized carbons (Fsp3) is 0.421. The highest BCUT2D eigenvalue weighted by Crippen LogP contribution is 2.48. The van der Waals surface area contributed by atoms with Crippen LogP contribution in [0.15, 0.2) is 28.0 Å². The lowest BCUT2D eigenvalue weighted by Gasteiger charge is -2.40. The van der Waals surface area contributed by atoms with Crippen LogP contribution in [0.25, 0.3) is 0 Å². The molecule has 2 unspecified atom stereocenters. The summed E-state index contributed by atoms with van der Waals surface area (Å²) in [5.74, 6) is -0.560. The van der Waals surface area contributed by atoms with E-state index in [2.05, 4.69) is 10.1 Å². The summed E-state index contributed by atoms with van der Waals surface area (Å²) in [5.41, 5.74) is 1.38. The van der Waals surface area contributed by atoms with Crippen molar-refractivity contribution < 1.29 is 9.18 Å². The van der Waals surface area contributed by atoms with E-state index in [0.29, 0.717) is 15.0 Å². The average Bonchev–Trinajstić information content (AvgIpc) is 2.86. The number of hydrogen-bond donors (Lipinski definition) is 1. The van der Waals surface area contributed by atoms with Gasteiger partial charge in [-0.25, -0.2) is 9.38 Å². The molecule has 7 heteroatoms. The third-order valence-corrected chi connectivity index (χ3v) is 6.41. The lowest BCUT2D eigenvalue weighted by Crippen LogP contribution is -2.45. The van der Waals surface area contributed by atoms with Gasteiger partial charge in [-0.15, -0.1) is 0 Å². The fourth-order valence-corrected chi connectivity index (χ4v) is 4.63. The summed E-state index contributed by atoms with van der Waals surface area (Å²) in [4.78, 5) is 30.6. The molecule has 2 aromatic rings. The van der Waals surface area contributed by atoms with E-state index in [9.17, 15) is 14.0 Å². The molecule has 1 saturated carbocycles. The molecule has 0 saturated heterocycles. The van der Waals surface area contributed by atoms with E-state index in [1.54, 1.807) is 23.9 Å². The van der Waals surface area contributed by atoms with Gasteiger partial charge in [-0.1, -0.05) is 19.9 Å². The van der Waals surface area contributed by atoms with Crippen molar-refractivity contribution in [2.24, 2.45) is 23.4 Å². The molecule has 1 aliphatic carbocycles. The summed E-state index contributed by atoms with van der Waals surface area (Å²) in [6, 6.07) is 4.81. The van der Waals surface area contributed by atoms with Crippen LogP contribution in [-0.2, 0) is 11.8 Å². The van der Waals surface area contributed by atoms with Crippen LogP contribution in [0.3, 0.4) is 0 Å². The number of aliphatic imine (C=N–C) groups is 1. The van der Waals surface area contributed by atoms with Gasteiger partial charge >= 0.3 is 0 Å². The zero-order valence-corrected chi connectivity index (χ0v) is 16.9. The van der Waals surface area contributed by atoms with Crippen molar-refractivity contribution in [3.63, 3.8) is 0 Å². The summed E-state index contributed by atoms with van der Waals surface area (Å²) in [5, 5.41) is 2.76. The van der Waals surface area contributed by atoms with Crippen LogP contribution < -0.4 is 5.56 Å². The molecular formula is C19H19FIN3O2. The largest absolute Gasteiger partial charge is 0.298 e. The first-order valence-electron chi connectivity index (χ1n) is 8.56. The predicted molar refractivity (Wildman–Crippen MR) is 106 cm³/mol. The average molecular weight is 467 g/mol. The Bertz CT molecular complexity index is 1020. The summed E-state index contributed by atoms with van der Waals surface area (Å²) in [6.07, 6.45) is 1.46. The van der Waals surface area contributed by atoms with Gasteiger partial charge in [0.25, 0.3) is 5.56 Å². The highest BCUT2D eigenvalue weighted by Gasteiger charge is 2.49. The van der Waals surface area contributed by atoms with E-state index < -0.39 is 17.3 Å². The molecule has 2 heterocycles. The number of fused-ring (bicyclic) bond motifs is 2. The van der Waals surface area contributed by atoms with E-state index >= 15 is 0 Å². The third kappa shape index (κ3) is 2.51. The SMILES string of the molecule is Cn1[nH]c(=O)c2c1N=C1CCC(C)(C)C(=O)C1C2c1ccc(F)c(I)c1. The molecule has 0 radical (unpaired) electrons. The van der Waals surface area contributed by atoms with Crippen molar-refractivity contribution in [1.29, 1.82) is 0 Å². The van der Waals surface area contributed by atoms with Gasteiger partial charge in [0, 0.05) is 27.7 Å². The number of benzene rings is 1. The van der Waals surface area contributed by atoms with Crippen LogP contribution >= 0.6 is 22.6 Å². The zero-order chi connectivity index (χ0) is 18.8. The lowest BCUT2D eigenvalue weighted by atomic mass is 9.63. The number of aryl methyl sites for hydroxylation is 1. The van der Waals surface area contributed by atoms with E-state index in [1.807, 2.05) is 36.4 Å². The fourth-order valence-electron chi connectivity index (χ4n) is 4.09. The van der Waals surface area contributed by atoms with Gasteiger partial charge < -0.3 is 0 Å². The number of halogens is 2. The Balaban J connectivity index is 1.99. The first-order valence-corrected chi connectivity index (χ1v) is 9.64. The molecule has 0 spiro atoms. The maximum absolute atomic E-state index is 13.8. The van der Waals surface area contributed by atoms with Crippen LogP contribution in [0.5, 0.6) is 0 Å². The molecule has 2 aliphatic rings. The number of aromatic nitrogens is 2. The van der Waals surface area contributed by atoms with Crippen molar-refractivity contribution in [3.8, 4) is 0 Å². The molecule has 136 valence electrons. The van der Waals surface area contributed by atoms with Gasteiger partial charge in [0.1, 0.15) is 11.6 Å². The number of carbonyl (C=O) groups is 1. The van der Waals surface area contributed by atoms with Gasteiger partial charge in [0.15, 0.2) is 5.82 Å². The molecular weight excluding hydrogens is 448 g/mol. The maximum atomic E-state index is 13.8. The minimum atomic E-state index is -0.476. The van der Waals surface area contributed by atoms with E-state index in [-0.39, 0.29) is 17.2 Å². The summed E-state index contributed by atoms with van der Waals surface area (Å²) in [7, 11) is 1.74. The molecule has 0 amide bonds. The molecule has 4 rings (SSSR count). The van der Waals surface area contributed by atoms with Crippen molar-refractivity contribution >= 4 is 39.9 Å². The number of ketones is 1. The molecule has 2 atom stereocenters. The lowest BCUT2D eigenvalue weighted by molar-refractivity contribution is -0.130. The maximum Gasteiger partial charge on any atom is 0.270 e. The van der Waals surface area contributed by atoms with E-state index in [4.69, 9.17) is 0 Å². The van der Waals surface area contributed by atoms with Gasteiger partial charge in [-0.2, -0.15) is 0 Å². The second kappa shape index (κ2) is 5.87. The van der Waals surface area contributed by atoms with Crippen LogP contribution in [0.4, 0.5) is 10.2 Å². The zero-order valence-electron chi connectivity index (χ0n) is 14.8. The third-order valence-electron chi connectivity index (χ3n) is 5.58. The van der Waals surface area contributed by atoms with E-state index in [0.717, 1.165) is 24.1 Å². The minimum absolute atomic E-state index is 0.0979. The van der Waals surface area contributed by atoms with Crippen molar-refractivity contribution in [2.45, 2.75) is 32.6 Å². The summed E-state index contributed by atoms with van der Waals surface area (Å²) >= 11 is 1.94. The number of H-pyrrole nitrogens is 1. The molecule has 5 nitrogen and oxygen atoms in total. The summed E-state index contributed by atoms with van der Waals surface area (Å²) in [6.45, 7) is 3.89. The Morgan fingerprint density at radius 1 is 1.31 bits per heavy atom. The molecule has 1 N–H and O–H groups in total. The van der Waals surface area contributed by atoms with Crippen molar-refractivity contribution in [1.82, 2.24) is 9.78 Å². The van der Waals surface area contributed by atoms with Crippen molar-refractivity contribution in [2.75, 3.05) is 0 Å². The van der Waals surface area contributed by atoms with Gasteiger partial charge in [0.05, 0.1) is 11.5 Å². The Morgan fingerprint density at radius 2 is 2.04 bits per heavy atom. The molecule has 1 fully saturated rings. The number of aromatic amines is 1. The normalized spacial score (nSPS) is 24.0. The number of nitrogens with one attached hydrogen (secondary N) is 1. The highest BCUT2D eigenvalue weighted by atomic mass is 127. The number of rotatable bonds is 1. The molecule has 1 aliphatic heterocycles. The predicted octanol–water partition coefficient (Wildman–Crippen LogP) is 3.68. The second-order valence-electron chi connectivity index (χ2n) is 7.72. The Morgan fingerprint density at radius 3 is 2.73 bits per heavy atom.